The molecule has 1 fully saturated rings. The summed E-state index contributed by atoms with van der Waals surface area (Å²) in [6, 6.07) is 0.332. The van der Waals surface area contributed by atoms with E-state index in [2.05, 4.69) is 41.6 Å². The first-order valence-corrected chi connectivity index (χ1v) is 8.73. The highest BCUT2D eigenvalue weighted by Gasteiger charge is 2.23. The topological polar surface area (TPSA) is 72.7 Å². The standard InChI is InChI=1S/C14H25N5OS/c1-10(2)8-19-14(16-17-18-19)21-9-13(20)15-12-7-5-4-6-11(12)3/h10-12H,4-9H2,1-3H3,(H,15,20)/t11-,12+/m1/s1. The Kier molecular flexibility index (Phi) is 6.02. The molecule has 1 aromatic rings. The van der Waals surface area contributed by atoms with E-state index < -0.39 is 0 Å². The molecule has 0 radical (unpaired) electrons. The second-order valence-electron chi connectivity index (χ2n) is 6.26. The molecule has 2 rings (SSSR count). The van der Waals surface area contributed by atoms with E-state index in [9.17, 15) is 4.79 Å². The van der Waals surface area contributed by atoms with E-state index in [1.165, 1.54) is 31.0 Å². The Morgan fingerprint density at radius 3 is 2.90 bits per heavy atom. The van der Waals surface area contributed by atoms with E-state index in [1.807, 2.05) is 0 Å². The smallest absolute Gasteiger partial charge is 0.230 e. The lowest BCUT2D eigenvalue weighted by atomic mass is 9.86. The van der Waals surface area contributed by atoms with Crippen molar-refractivity contribution in [2.45, 2.75) is 64.2 Å². The first-order valence-electron chi connectivity index (χ1n) is 7.74. The molecule has 6 nitrogen and oxygen atoms in total. The van der Waals surface area contributed by atoms with Gasteiger partial charge in [0.15, 0.2) is 0 Å². The molecule has 1 N–H and O–H groups in total. The van der Waals surface area contributed by atoms with Gasteiger partial charge in [0.2, 0.25) is 11.1 Å². The minimum absolute atomic E-state index is 0.0813. The second-order valence-corrected chi connectivity index (χ2v) is 7.20. The Hall–Kier alpha value is -1.11. The summed E-state index contributed by atoms with van der Waals surface area (Å²) < 4.78 is 1.77. The summed E-state index contributed by atoms with van der Waals surface area (Å²) in [5.41, 5.74) is 0. The van der Waals surface area contributed by atoms with Crippen molar-refractivity contribution in [3.05, 3.63) is 0 Å². The summed E-state index contributed by atoms with van der Waals surface area (Å²) >= 11 is 1.41. The predicted octanol–water partition coefficient (Wildman–Crippen LogP) is 2.12. The van der Waals surface area contributed by atoms with Gasteiger partial charge in [-0.3, -0.25) is 4.79 Å². The van der Waals surface area contributed by atoms with Crippen LogP contribution in [0, 0.1) is 11.8 Å². The van der Waals surface area contributed by atoms with Gasteiger partial charge in [0.1, 0.15) is 0 Å². The van der Waals surface area contributed by atoms with Crippen molar-refractivity contribution < 1.29 is 4.79 Å². The van der Waals surface area contributed by atoms with Gasteiger partial charge in [-0.1, -0.05) is 45.4 Å². The fourth-order valence-electron chi connectivity index (χ4n) is 2.67. The van der Waals surface area contributed by atoms with Crippen molar-refractivity contribution in [1.82, 2.24) is 25.5 Å². The largest absolute Gasteiger partial charge is 0.352 e. The third-order valence-electron chi connectivity index (χ3n) is 3.83. The van der Waals surface area contributed by atoms with Crippen LogP contribution in [-0.2, 0) is 11.3 Å². The van der Waals surface area contributed by atoms with E-state index in [-0.39, 0.29) is 5.91 Å². The van der Waals surface area contributed by atoms with Gasteiger partial charge >= 0.3 is 0 Å². The average Bonchev–Trinajstić information content (AvgIpc) is 2.85. The number of hydrogen-bond acceptors (Lipinski definition) is 5. The molecule has 2 atom stereocenters. The van der Waals surface area contributed by atoms with Crippen LogP contribution in [-0.4, -0.2) is 37.9 Å². The Bertz CT molecular complexity index is 462. The molecule has 1 aliphatic rings. The Morgan fingerprint density at radius 2 is 2.19 bits per heavy atom. The van der Waals surface area contributed by atoms with Gasteiger partial charge in [0.25, 0.3) is 0 Å². The van der Waals surface area contributed by atoms with Crippen LogP contribution in [0.1, 0.15) is 46.5 Å². The molecule has 0 unspecified atom stereocenters. The van der Waals surface area contributed by atoms with Crippen molar-refractivity contribution in [2.75, 3.05) is 5.75 Å². The number of carbonyl (C=O) groups excluding carboxylic acids is 1. The molecule has 0 aromatic carbocycles. The third-order valence-corrected chi connectivity index (χ3v) is 4.78. The van der Waals surface area contributed by atoms with Crippen molar-refractivity contribution in [1.29, 1.82) is 0 Å². The predicted molar refractivity (Wildman–Crippen MR) is 82.9 cm³/mol. The van der Waals surface area contributed by atoms with Crippen LogP contribution in [0.2, 0.25) is 0 Å². The normalized spacial score (nSPS) is 22.5. The van der Waals surface area contributed by atoms with Gasteiger partial charge in [0, 0.05) is 12.6 Å². The van der Waals surface area contributed by atoms with Gasteiger partial charge in [-0.05, 0) is 35.1 Å². The maximum absolute atomic E-state index is 12.1. The van der Waals surface area contributed by atoms with Crippen molar-refractivity contribution >= 4 is 17.7 Å². The summed E-state index contributed by atoms with van der Waals surface area (Å²) in [6.45, 7) is 7.23. The third kappa shape index (κ3) is 4.98. The van der Waals surface area contributed by atoms with Crippen LogP contribution in [0.4, 0.5) is 0 Å². The van der Waals surface area contributed by atoms with E-state index in [0.29, 0.717) is 23.6 Å². The van der Waals surface area contributed by atoms with Crippen LogP contribution in [0.5, 0.6) is 0 Å². The lowest BCUT2D eigenvalue weighted by Gasteiger charge is -2.29. The van der Waals surface area contributed by atoms with Crippen molar-refractivity contribution in [2.24, 2.45) is 11.8 Å². The zero-order chi connectivity index (χ0) is 15.2. The van der Waals surface area contributed by atoms with Gasteiger partial charge < -0.3 is 5.32 Å². The van der Waals surface area contributed by atoms with Crippen LogP contribution >= 0.6 is 11.8 Å². The molecular formula is C14H25N5OS. The monoisotopic (exact) mass is 311 g/mol. The minimum atomic E-state index is 0.0813. The van der Waals surface area contributed by atoms with E-state index in [4.69, 9.17) is 0 Å². The lowest BCUT2D eigenvalue weighted by molar-refractivity contribution is -0.119. The number of nitrogens with one attached hydrogen (secondary N) is 1. The molecule has 1 aromatic heterocycles. The SMILES string of the molecule is CC(C)Cn1nnnc1SCC(=O)N[C@H]1CCCC[C@H]1C. The van der Waals surface area contributed by atoms with E-state index in [0.717, 1.165) is 18.1 Å². The molecule has 0 bridgehead atoms. The van der Waals surface area contributed by atoms with Gasteiger partial charge in [0.05, 0.1) is 5.75 Å². The molecule has 7 heteroatoms. The maximum Gasteiger partial charge on any atom is 0.230 e. The van der Waals surface area contributed by atoms with Crippen LogP contribution < -0.4 is 5.32 Å². The number of amides is 1. The molecule has 1 amide bonds. The summed E-state index contributed by atoms with van der Waals surface area (Å²) in [5.74, 6) is 1.52. The average molecular weight is 311 g/mol. The van der Waals surface area contributed by atoms with Gasteiger partial charge in [-0.25, -0.2) is 4.68 Å². The highest BCUT2D eigenvalue weighted by atomic mass is 32.2. The molecule has 1 aliphatic carbocycles. The molecule has 21 heavy (non-hydrogen) atoms. The van der Waals surface area contributed by atoms with Crippen molar-refractivity contribution in [3.8, 4) is 0 Å². The maximum atomic E-state index is 12.1. The van der Waals surface area contributed by atoms with E-state index >= 15 is 0 Å². The number of thioether (sulfide) groups is 1. The summed E-state index contributed by atoms with van der Waals surface area (Å²) in [7, 11) is 0. The number of hydrogen-bond donors (Lipinski definition) is 1. The fraction of sp³-hybridized carbons (Fsp3) is 0.857. The molecule has 118 valence electrons. The number of tetrazole rings is 1. The fourth-order valence-corrected chi connectivity index (χ4v) is 3.37. The number of nitrogens with zero attached hydrogens (tertiary/aromatic N) is 4. The second kappa shape index (κ2) is 7.77. The zero-order valence-electron chi connectivity index (χ0n) is 13.1. The molecule has 1 saturated carbocycles. The number of aromatic nitrogens is 4. The highest BCUT2D eigenvalue weighted by molar-refractivity contribution is 7.99. The molecular weight excluding hydrogens is 286 g/mol. The highest BCUT2D eigenvalue weighted by Crippen LogP contribution is 2.24. The van der Waals surface area contributed by atoms with Crippen molar-refractivity contribution in [3.63, 3.8) is 0 Å². The summed E-state index contributed by atoms with van der Waals surface area (Å²) in [4.78, 5) is 12.1. The Morgan fingerprint density at radius 1 is 1.43 bits per heavy atom. The summed E-state index contributed by atoms with van der Waals surface area (Å²) in [6.07, 6.45) is 4.81. The summed E-state index contributed by atoms with van der Waals surface area (Å²) in [5, 5.41) is 15.5. The quantitative estimate of drug-likeness (QED) is 0.815. The number of rotatable bonds is 6. The number of carbonyl (C=O) groups is 1. The Labute approximate surface area is 130 Å². The minimum Gasteiger partial charge on any atom is -0.352 e. The van der Waals surface area contributed by atoms with Gasteiger partial charge in [-0.2, -0.15) is 0 Å². The molecule has 0 spiro atoms. The van der Waals surface area contributed by atoms with E-state index in [1.54, 1.807) is 4.68 Å². The van der Waals surface area contributed by atoms with Crippen LogP contribution in [0.3, 0.4) is 0 Å². The first-order chi connectivity index (χ1) is 10.1. The zero-order valence-corrected chi connectivity index (χ0v) is 13.9. The molecule has 0 saturated heterocycles. The molecule has 0 aliphatic heterocycles. The first kappa shape index (κ1) is 16.3. The lowest BCUT2D eigenvalue weighted by Crippen LogP contribution is -2.41. The van der Waals surface area contributed by atoms with Crippen LogP contribution in [0.25, 0.3) is 0 Å². The van der Waals surface area contributed by atoms with Gasteiger partial charge in [-0.15, -0.1) is 5.10 Å². The van der Waals surface area contributed by atoms with Crippen LogP contribution in [0.15, 0.2) is 5.16 Å². The molecule has 1 heterocycles. The Balaban J connectivity index is 1.80.